The van der Waals surface area contributed by atoms with Crippen LogP contribution in [0.15, 0.2) is 29.2 Å². The number of amides is 1. The van der Waals surface area contributed by atoms with Crippen molar-refractivity contribution in [2.75, 3.05) is 31.5 Å². The van der Waals surface area contributed by atoms with Gasteiger partial charge in [-0.1, -0.05) is 25.7 Å². The molecule has 28 heavy (non-hydrogen) atoms. The molecule has 1 atom stereocenters. The molecule has 2 fully saturated rings. The molecule has 3 rings (SSSR count). The minimum Gasteiger partial charge on any atom is -0.325 e. The van der Waals surface area contributed by atoms with Gasteiger partial charge in [0.15, 0.2) is 0 Å². The van der Waals surface area contributed by atoms with Crippen molar-refractivity contribution >= 4 is 21.6 Å². The number of nitrogens with one attached hydrogen (secondary N) is 1. The number of rotatable bonds is 5. The molecule has 0 saturated carbocycles. The molecule has 1 N–H and O–H groups in total. The normalized spacial score (nSPS) is 21.5. The molecule has 2 saturated heterocycles. The van der Waals surface area contributed by atoms with Gasteiger partial charge >= 0.3 is 0 Å². The Bertz CT molecular complexity index is 735. The van der Waals surface area contributed by atoms with E-state index in [0.29, 0.717) is 23.7 Å². The molecule has 1 amide bonds. The van der Waals surface area contributed by atoms with Crippen LogP contribution in [0.2, 0.25) is 0 Å². The van der Waals surface area contributed by atoms with Gasteiger partial charge in [0.05, 0.1) is 10.9 Å². The monoisotopic (exact) mass is 407 g/mol. The van der Waals surface area contributed by atoms with E-state index in [1.54, 1.807) is 28.6 Å². The number of carbonyl (C=O) groups excluding carboxylic acids is 1. The van der Waals surface area contributed by atoms with E-state index in [0.717, 1.165) is 45.2 Å². The molecular formula is C21H33N3O3S. The number of hydrogen-bond donors (Lipinski definition) is 1. The first kappa shape index (κ1) is 21.3. The summed E-state index contributed by atoms with van der Waals surface area (Å²) in [7, 11) is -3.44. The van der Waals surface area contributed by atoms with E-state index in [9.17, 15) is 13.2 Å². The average molecular weight is 408 g/mol. The second-order valence-corrected chi connectivity index (χ2v) is 9.90. The number of piperidine rings is 1. The third-order valence-electron chi connectivity index (χ3n) is 5.89. The molecular weight excluding hydrogens is 374 g/mol. The Kier molecular flexibility index (Phi) is 7.48. The first-order valence-corrected chi connectivity index (χ1v) is 12.1. The van der Waals surface area contributed by atoms with Crippen LogP contribution < -0.4 is 5.32 Å². The lowest BCUT2D eigenvalue weighted by Crippen LogP contribution is -2.43. The minimum atomic E-state index is -3.44. The highest BCUT2D eigenvalue weighted by Crippen LogP contribution is 2.22. The van der Waals surface area contributed by atoms with E-state index in [1.165, 1.54) is 19.3 Å². The summed E-state index contributed by atoms with van der Waals surface area (Å²) in [6.07, 6.45) is 8.97. The van der Waals surface area contributed by atoms with Crippen LogP contribution in [0, 0.1) is 0 Å². The van der Waals surface area contributed by atoms with Crippen LogP contribution in [0.3, 0.4) is 0 Å². The summed E-state index contributed by atoms with van der Waals surface area (Å²) in [6.45, 7) is 5.05. The van der Waals surface area contributed by atoms with Crippen LogP contribution in [0.4, 0.5) is 5.69 Å². The lowest BCUT2D eigenvalue weighted by Gasteiger charge is -2.29. The summed E-state index contributed by atoms with van der Waals surface area (Å²) < 4.78 is 27.0. The van der Waals surface area contributed by atoms with Gasteiger partial charge in [-0.3, -0.25) is 9.69 Å². The van der Waals surface area contributed by atoms with Crippen molar-refractivity contribution in [3.8, 4) is 0 Å². The van der Waals surface area contributed by atoms with Crippen LogP contribution in [-0.4, -0.2) is 55.8 Å². The number of anilines is 1. The van der Waals surface area contributed by atoms with Crippen molar-refractivity contribution in [2.45, 2.75) is 69.2 Å². The SMILES string of the molecule is CC(C(=O)Nc1ccc(S(=O)(=O)N2CCCCC2)cc1)N1CCCCCCC1. The third-order valence-corrected chi connectivity index (χ3v) is 7.81. The van der Waals surface area contributed by atoms with Gasteiger partial charge in [-0.2, -0.15) is 4.31 Å². The summed E-state index contributed by atoms with van der Waals surface area (Å²) in [5.41, 5.74) is 0.640. The van der Waals surface area contributed by atoms with Gasteiger partial charge < -0.3 is 5.32 Å². The number of sulfonamides is 1. The molecule has 156 valence electrons. The van der Waals surface area contributed by atoms with Crippen LogP contribution in [-0.2, 0) is 14.8 Å². The third kappa shape index (κ3) is 5.33. The minimum absolute atomic E-state index is 0.0350. The number of nitrogens with zero attached hydrogens (tertiary/aromatic N) is 2. The van der Waals surface area contributed by atoms with E-state index in [-0.39, 0.29) is 11.9 Å². The summed E-state index contributed by atoms with van der Waals surface area (Å²) in [6, 6.07) is 6.39. The van der Waals surface area contributed by atoms with Crippen LogP contribution in [0.5, 0.6) is 0 Å². The van der Waals surface area contributed by atoms with E-state index < -0.39 is 10.0 Å². The molecule has 0 aromatic heterocycles. The van der Waals surface area contributed by atoms with E-state index in [4.69, 9.17) is 0 Å². The quantitative estimate of drug-likeness (QED) is 0.812. The summed E-state index contributed by atoms with van der Waals surface area (Å²) in [5, 5.41) is 2.94. The van der Waals surface area contributed by atoms with Crippen molar-refractivity contribution in [1.82, 2.24) is 9.21 Å². The maximum absolute atomic E-state index is 12.7. The zero-order chi connectivity index (χ0) is 20.0. The fourth-order valence-electron chi connectivity index (χ4n) is 4.04. The summed E-state index contributed by atoms with van der Waals surface area (Å²) in [5.74, 6) is -0.0350. The molecule has 7 heteroatoms. The van der Waals surface area contributed by atoms with E-state index in [1.807, 2.05) is 6.92 Å². The van der Waals surface area contributed by atoms with Gasteiger partial charge in [0.1, 0.15) is 0 Å². The topological polar surface area (TPSA) is 69.7 Å². The number of carbonyl (C=O) groups is 1. The Balaban J connectivity index is 1.60. The van der Waals surface area contributed by atoms with Gasteiger partial charge in [-0.05, 0) is 70.0 Å². The van der Waals surface area contributed by atoms with Gasteiger partial charge in [-0.25, -0.2) is 8.42 Å². The molecule has 6 nitrogen and oxygen atoms in total. The Morgan fingerprint density at radius 2 is 1.36 bits per heavy atom. The second kappa shape index (κ2) is 9.85. The summed E-state index contributed by atoms with van der Waals surface area (Å²) in [4.78, 5) is 15.2. The van der Waals surface area contributed by atoms with Crippen LogP contribution in [0.25, 0.3) is 0 Å². The number of benzene rings is 1. The fourth-order valence-corrected chi connectivity index (χ4v) is 5.55. The zero-order valence-corrected chi connectivity index (χ0v) is 17.7. The molecule has 2 heterocycles. The smallest absolute Gasteiger partial charge is 0.243 e. The predicted molar refractivity (Wildman–Crippen MR) is 112 cm³/mol. The van der Waals surface area contributed by atoms with Gasteiger partial charge in [0.2, 0.25) is 15.9 Å². The largest absolute Gasteiger partial charge is 0.325 e. The molecule has 0 radical (unpaired) electrons. The van der Waals surface area contributed by atoms with Crippen molar-refractivity contribution in [2.24, 2.45) is 0 Å². The Morgan fingerprint density at radius 1 is 0.857 bits per heavy atom. The van der Waals surface area contributed by atoms with Crippen molar-refractivity contribution < 1.29 is 13.2 Å². The standard InChI is InChI=1S/C21H33N3O3S/c1-18(23-14-6-3-2-4-7-15-23)21(25)22-19-10-12-20(13-11-19)28(26,27)24-16-8-5-9-17-24/h10-13,18H,2-9,14-17H2,1H3,(H,22,25). The first-order chi connectivity index (χ1) is 13.5. The average Bonchev–Trinajstić information content (AvgIpc) is 2.68. The van der Waals surface area contributed by atoms with Gasteiger partial charge in [0.25, 0.3) is 0 Å². The first-order valence-electron chi connectivity index (χ1n) is 10.6. The maximum atomic E-state index is 12.7. The number of likely N-dealkylation sites (tertiary alicyclic amines) is 1. The molecule has 2 aliphatic heterocycles. The van der Waals surface area contributed by atoms with E-state index >= 15 is 0 Å². The van der Waals surface area contributed by atoms with Crippen molar-refractivity contribution in [3.05, 3.63) is 24.3 Å². The van der Waals surface area contributed by atoms with E-state index in [2.05, 4.69) is 10.2 Å². The number of hydrogen-bond acceptors (Lipinski definition) is 4. The molecule has 2 aliphatic rings. The summed E-state index contributed by atoms with van der Waals surface area (Å²) >= 11 is 0. The van der Waals surface area contributed by atoms with Crippen LogP contribution in [0.1, 0.15) is 58.3 Å². The molecule has 0 spiro atoms. The van der Waals surface area contributed by atoms with Crippen LogP contribution >= 0.6 is 0 Å². The predicted octanol–water partition coefficient (Wildman–Crippen LogP) is 3.45. The lowest BCUT2D eigenvalue weighted by molar-refractivity contribution is -0.120. The molecule has 0 aliphatic carbocycles. The van der Waals surface area contributed by atoms with Gasteiger partial charge in [-0.15, -0.1) is 0 Å². The Morgan fingerprint density at radius 3 is 1.96 bits per heavy atom. The van der Waals surface area contributed by atoms with Crippen molar-refractivity contribution in [3.63, 3.8) is 0 Å². The molecule has 0 bridgehead atoms. The van der Waals surface area contributed by atoms with Crippen molar-refractivity contribution in [1.29, 1.82) is 0 Å². The maximum Gasteiger partial charge on any atom is 0.243 e. The zero-order valence-electron chi connectivity index (χ0n) is 16.9. The van der Waals surface area contributed by atoms with Gasteiger partial charge in [0, 0.05) is 18.8 Å². The highest BCUT2D eigenvalue weighted by Gasteiger charge is 2.26. The molecule has 1 aromatic carbocycles. The highest BCUT2D eigenvalue weighted by atomic mass is 32.2. The molecule has 1 aromatic rings. The highest BCUT2D eigenvalue weighted by molar-refractivity contribution is 7.89. The Labute approximate surface area is 169 Å². The fraction of sp³-hybridized carbons (Fsp3) is 0.667. The second-order valence-electron chi connectivity index (χ2n) is 7.96. The molecule has 1 unspecified atom stereocenters. The Hall–Kier alpha value is -1.44. The lowest BCUT2D eigenvalue weighted by atomic mass is 10.1.